The quantitative estimate of drug-likeness (QED) is 0.678. The van der Waals surface area contributed by atoms with Crippen LogP contribution in [0.3, 0.4) is 0 Å². The molecular weight excluding hydrogens is 355 g/mol. The van der Waals surface area contributed by atoms with Gasteiger partial charge in [-0.3, -0.25) is 14.5 Å². The van der Waals surface area contributed by atoms with Gasteiger partial charge >= 0.3 is 0 Å². The number of amides is 2. The van der Waals surface area contributed by atoms with Gasteiger partial charge in [0, 0.05) is 51.2 Å². The van der Waals surface area contributed by atoms with Gasteiger partial charge in [-0.15, -0.1) is 24.8 Å². The van der Waals surface area contributed by atoms with Crippen LogP contribution in [0.4, 0.5) is 0 Å². The molecule has 0 aromatic rings. The van der Waals surface area contributed by atoms with Crippen LogP contribution < -0.4 is 10.6 Å². The molecule has 0 aromatic carbocycles. The SMILES string of the molecule is Cl.Cl.O=C(CN1CCN(C(=O)CC2COCCN2)CC1)NC1CC1. The zero-order valence-electron chi connectivity index (χ0n) is 13.9. The Morgan fingerprint density at radius 2 is 1.83 bits per heavy atom. The van der Waals surface area contributed by atoms with Gasteiger partial charge in [0.2, 0.25) is 11.8 Å². The molecule has 1 aliphatic carbocycles. The van der Waals surface area contributed by atoms with Gasteiger partial charge in [0.15, 0.2) is 0 Å². The maximum absolute atomic E-state index is 12.3. The van der Waals surface area contributed by atoms with Crippen LogP contribution in [0.2, 0.25) is 0 Å². The van der Waals surface area contributed by atoms with Crippen molar-refractivity contribution in [2.75, 3.05) is 52.5 Å². The summed E-state index contributed by atoms with van der Waals surface area (Å²) in [5.41, 5.74) is 0. The molecule has 2 N–H and O–H groups in total. The van der Waals surface area contributed by atoms with Gasteiger partial charge in [-0.25, -0.2) is 0 Å². The summed E-state index contributed by atoms with van der Waals surface area (Å²) in [7, 11) is 0. The number of halogens is 2. The van der Waals surface area contributed by atoms with Gasteiger partial charge in [-0.2, -0.15) is 0 Å². The highest BCUT2D eigenvalue weighted by atomic mass is 35.5. The summed E-state index contributed by atoms with van der Waals surface area (Å²) in [4.78, 5) is 28.1. The number of ether oxygens (including phenoxy) is 1. The molecule has 0 spiro atoms. The van der Waals surface area contributed by atoms with Crippen molar-refractivity contribution in [1.82, 2.24) is 20.4 Å². The highest BCUT2D eigenvalue weighted by Gasteiger charge is 2.27. The first kappa shape index (κ1) is 21.4. The molecular formula is C15H28Cl2N4O3. The normalized spacial score (nSPS) is 24.5. The third-order valence-electron chi connectivity index (χ3n) is 4.45. The third-order valence-corrected chi connectivity index (χ3v) is 4.45. The Kier molecular flexibility index (Phi) is 9.30. The Morgan fingerprint density at radius 1 is 1.12 bits per heavy atom. The van der Waals surface area contributed by atoms with Crippen LogP contribution in [-0.2, 0) is 14.3 Å². The van der Waals surface area contributed by atoms with E-state index in [-0.39, 0.29) is 42.7 Å². The second kappa shape index (κ2) is 10.4. The van der Waals surface area contributed by atoms with Crippen LogP contribution in [0.1, 0.15) is 19.3 Å². The molecule has 2 saturated heterocycles. The molecule has 3 rings (SSSR count). The first-order valence-corrected chi connectivity index (χ1v) is 8.31. The van der Waals surface area contributed by atoms with Crippen molar-refractivity contribution < 1.29 is 14.3 Å². The molecule has 24 heavy (non-hydrogen) atoms. The lowest BCUT2D eigenvalue weighted by Gasteiger charge is -2.35. The summed E-state index contributed by atoms with van der Waals surface area (Å²) >= 11 is 0. The number of morpholine rings is 1. The van der Waals surface area contributed by atoms with Crippen LogP contribution in [0.5, 0.6) is 0 Å². The Morgan fingerprint density at radius 3 is 2.42 bits per heavy atom. The largest absolute Gasteiger partial charge is 0.378 e. The fourth-order valence-corrected chi connectivity index (χ4v) is 2.95. The molecule has 0 aromatic heterocycles. The number of rotatable bonds is 5. The topological polar surface area (TPSA) is 73.9 Å². The number of nitrogens with one attached hydrogen (secondary N) is 2. The Labute approximate surface area is 155 Å². The van der Waals surface area contributed by atoms with Gasteiger partial charge in [0.1, 0.15) is 0 Å². The minimum absolute atomic E-state index is 0. The molecule has 3 aliphatic rings. The fourth-order valence-electron chi connectivity index (χ4n) is 2.95. The van der Waals surface area contributed by atoms with Gasteiger partial charge in [0.25, 0.3) is 0 Å². The number of piperazine rings is 1. The highest BCUT2D eigenvalue weighted by molar-refractivity contribution is 5.85. The van der Waals surface area contributed by atoms with Crippen molar-refractivity contribution in [2.24, 2.45) is 0 Å². The van der Waals surface area contributed by atoms with E-state index in [9.17, 15) is 9.59 Å². The Bertz CT molecular complexity index is 410. The first-order chi connectivity index (χ1) is 10.7. The number of carbonyl (C=O) groups excluding carboxylic acids is 2. The van der Waals surface area contributed by atoms with E-state index >= 15 is 0 Å². The lowest BCUT2D eigenvalue weighted by atomic mass is 10.1. The molecule has 3 fully saturated rings. The number of nitrogens with zero attached hydrogens (tertiary/aromatic N) is 2. The predicted octanol–water partition coefficient (Wildman–Crippen LogP) is -0.369. The molecule has 2 aliphatic heterocycles. The maximum atomic E-state index is 12.3. The van der Waals surface area contributed by atoms with Crippen molar-refractivity contribution in [2.45, 2.75) is 31.3 Å². The predicted molar refractivity (Wildman–Crippen MR) is 95.9 cm³/mol. The summed E-state index contributed by atoms with van der Waals surface area (Å²) in [6.07, 6.45) is 2.74. The van der Waals surface area contributed by atoms with Crippen molar-refractivity contribution in [3.05, 3.63) is 0 Å². The van der Waals surface area contributed by atoms with E-state index in [1.54, 1.807) is 0 Å². The molecule has 0 bridgehead atoms. The zero-order valence-corrected chi connectivity index (χ0v) is 15.5. The van der Waals surface area contributed by atoms with E-state index in [0.29, 0.717) is 38.7 Å². The number of hydrogen-bond donors (Lipinski definition) is 2. The van der Waals surface area contributed by atoms with Gasteiger partial charge in [0.05, 0.1) is 19.8 Å². The summed E-state index contributed by atoms with van der Waals surface area (Å²) in [6, 6.07) is 0.559. The average Bonchev–Trinajstić information content (AvgIpc) is 3.32. The molecule has 1 unspecified atom stereocenters. The van der Waals surface area contributed by atoms with Crippen molar-refractivity contribution in [3.63, 3.8) is 0 Å². The Balaban J connectivity index is 0.00000144. The third kappa shape index (κ3) is 6.72. The molecule has 9 heteroatoms. The van der Waals surface area contributed by atoms with Crippen LogP contribution in [0.15, 0.2) is 0 Å². The lowest BCUT2D eigenvalue weighted by Crippen LogP contribution is -2.52. The standard InChI is InChI=1S/C15H26N4O3.2ClH/c20-14(17-12-1-2-12)10-18-4-6-19(7-5-18)15(21)9-13-11-22-8-3-16-13;;/h12-13,16H,1-11H2,(H,17,20);2*1H. The Hall–Kier alpha value is -0.600. The molecule has 1 atom stereocenters. The second-order valence-electron chi connectivity index (χ2n) is 6.43. The van der Waals surface area contributed by atoms with Crippen molar-refractivity contribution in [3.8, 4) is 0 Å². The van der Waals surface area contributed by atoms with Crippen LogP contribution in [0, 0.1) is 0 Å². The molecule has 1 saturated carbocycles. The van der Waals surface area contributed by atoms with Crippen molar-refractivity contribution in [1.29, 1.82) is 0 Å². The van der Waals surface area contributed by atoms with E-state index in [1.807, 2.05) is 4.90 Å². The molecule has 140 valence electrons. The fraction of sp³-hybridized carbons (Fsp3) is 0.867. The number of carbonyl (C=O) groups is 2. The maximum Gasteiger partial charge on any atom is 0.234 e. The summed E-state index contributed by atoms with van der Waals surface area (Å²) in [5.74, 6) is 0.302. The van der Waals surface area contributed by atoms with Gasteiger partial charge in [-0.1, -0.05) is 0 Å². The molecule has 2 heterocycles. The first-order valence-electron chi connectivity index (χ1n) is 8.31. The van der Waals surface area contributed by atoms with E-state index in [1.165, 1.54) is 0 Å². The van der Waals surface area contributed by atoms with E-state index in [4.69, 9.17) is 4.74 Å². The van der Waals surface area contributed by atoms with Gasteiger partial charge in [-0.05, 0) is 12.8 Å². The molecule has 2 amide bonds. The lowest BCUT2D eigenvalue weighted by molar-refractivity contribution is -0.134. The van der Waals surface area contributed by atoms with Gasteiger partial charge < -0.3 is 20.3 Å². The second-order valence-corrected chi connectivity index (χ2v) is 6.43. The smallest absolute Gasteiger partial charge is 0.234 e. The van der Waals surface area contributed by atoms with Crippen LogP contribution in [-0.4, -0.2) is 86.2 Å². The number of hydrogen-bond acceptors (Lipinski definition) is 5. The molecule has 0 radical (unpaired) electrons. The molecule has 7 nitrogen and oxygen atoms in total. The average molecular weight is 383 g/mol. The monoisotopic (exact) mass is 382 g/mol. The minimum atomic E-state index is 0. The summed E-state index contributed by atoms with van der Waals surface area (Å²) < 4.78 is 5.38. The van der Waals surface area contributed by atoms with Crippen LogP contribution in [0.25, 0.3) is 0 Å². The zero-order chi connectivity index (χ0) is 15.4. The summed E-state index contributed by atoms with van der Waals surface area (Å²) in [6.45, 7) is 5.60. The summed E-state index contributed by atoms with van der Waals surface area (Å²) in [5, 5.41) is 6.32. The highest BCUT2D eigenvalue weighted by Crippen LogP contribution is 2.18. The minimum Gasteiger partial charge on any atom is -0.378 e. The van der Waals surface area contributed by atoms with Crippen molar-refractivity contribution >= 4 is 36.6 Å². The van der Waals surface area contributed by atoms with Crippen LogP contribution >= 0.6 is 24.8 Å². The van der Waals surface area contributed by atoms with E-state index < -0.39 is 0 Å². The van der Waals surface area contributed by atoms with E-state index in [2.05, 4.69) is 15.5 Å². The van der Waals surface area contributed by atoms with E-state index in [0.717, 1.165) is 39.1 Å².